The monoisotopic (exact) mass is 387 g/mol. The Balaban J connectivity index is 1.92. The Morgan fingerprint density at radius 2 is 1.85 bits per heavy atom. The Morgan fingerprint density at radius 3 is 2.50 bits per heavy atom. The van der Waals surface area contributed by atoms with Gasteiger partial charge in [0.15, 0.2) is 11.5 Å². The second-order valence-electron chi connectivity index (χ2n) is 6.23. The third-order valence-electron chi connectivity index (χ3n) is 4.45. The van der Waals surface area contributed by atoms with Crippen molar-refractivity contribution >= 4 is 34.9 Å². The summed E-state index contributed by atoms with van der Waals surface area (Å²) >= 11 is 12.0. The Morgan fingerprint density at radius 1 is 1.08 bits per heavy atom. The van der Waals surface area contributed by atoms with Crippen LogP contribution in [0, 0.1) is 11.3 Å². The fourth-order valence-corrected chi connectivity index (χ4v) is 3.37. The number of halogens is 2. The zero-order chi connectivity index (χ0) is 18.5. The van der Waals surface area contributed by atoms with E-state index in [0.717, 1.165) is 24.0 Å². The average molecular weight is 388 g/mol. The van der Waals surface area contributed by atoms with Crippen molar-refractivity contribution in [3.63, 3.8) is 0 Å². The third-order valence-corrected chi connectivity index (χ3v) is 5.18. The molecule has 0 aromatic heterocycles. The average Bonchev–Trinajstić information content (AvgIpc) is 3.15. The zero-order valence-electron chi connectivity index (χ0n) is 14.5. The molecule has 0 aliphatic heterocycles. The first kappa shape index (κ1) is 18.6. The molecule has 2 aromatic rings. The summed E-state index contributed by atoms with van der Waals surface area (Å²) in [5.41, 5.74) is 2.08. The quantitative estimate of drug-likeness (QED) is 0.440. The number of nitrogens with zero attached hydrogens (tertiary/aromatic N) is 1. The van der Waals surface area contributed by atoms with Crippen LogP contribution in [0.25, 0.3) is 11.6 Å². The molecule has 0 unspecified atom stereocenters. The lowest BCUT2D eigenvalue weighted by Gasteiger charge is -2.16. The van der Waals surface area contributed by atoms with Gasteiger partial charge in [0.2, 0.25) is 0 Å². The van der Waals surface area contributed by atoms with Crippen molar-refractivity contribution < 1.29 is 9.47 Å². The van der Waals surface area contributed by atoms with Gasteiger partial charge in [-0.15, -0.1) is 0 Å². The number of rotatable bonds is 5. The molecule has 0 atom stereocenters. The van der Waals surface area contributed by atoms with E-state index >= 15 is 0 Å². The molecular weight excluding hydrogens is 369 g/mol. The Labute approximate surface area is 163 Å². The van der Waals surface area contributed by atoms with Crippen LogP contribution in [0.4, 0.5) is 0 Å². The number of hydrogen-bond donors (Lipinski definition) is 0. The number of benzene rings is 2. The van der Waals surface area contributed by atoms with Crippen LogP contribution in [0.5, 0.6) is 11.5 Å². The molecule has 0 N–H and O–H groups in total. The van der Waals surface area contributed by atoms with Gasteiger partial charge < -0.3 is 9.47 Å². The fraction of sp³-hybridized carbons (Fsp3) is 0.286. The van der Waals surface area contributed by atoms with Crippen LogP contribution >= 0.6 is 23.2 Å². The first-order valence-electron chi connectivity index (χ1n) is 8.52. The van der Waals surface area contributed by atoms with E-state index in [1.54, 1.807) is 31.4 Å². The second kappa shape index (κ2) is 8.49. The largest absolute Gasteiger partial charge is 0.493 e. The van der Waals surface area contributed by atoms with Gasteiger partial charge >= 0.3 is 0 Å². The molecule has 0 amide bonds. The van der Waals surface area contributed by atoms with E-state index in [-0.39, 0.29) is 6.10 Å². The summed E-state index contributed by atoms with van der Waals surface area (Å²) in [6.45, 7) is 0. The molecule has 2 aromatic carbocycles. The molecule has 26 heavy (non-hydrogen) atoms. The summed E-state index contributed by atoms with van der Waals surface area (Å²) in [6.07, 6.45) is 6.56. The summed E-state index contributed by atoms with van der Waals surface area (Å²) in [5.74, 6) is 1.40. The maximum atomic E-state index is 9.55. The Kier molecular flexibility index (Phi) is 6.08. The molecule has 3 nitrogen and oxygen atoms in total. The first-order chi connectivity index (χ1) is 12.6. The Hall–Kier alpha value is -2.15. The van der Waals surface area contributed by atoms with Gasteiger partial charge in [0, 0.05) is 0 Å². The van der Waals surface area contributed by atoms with E-state index in [2.05, 4.69) is 6.07 Å². The molecule has 5 heteroatoms. The number of methoxy groups -OCH3 is 1. The predicted molar refractivity (Wildman–Crippen MR) is 106 cm³/mol. The van der Waals surface area contributed by atoms with E-state index in [1.165, 1.54) is 12.8 Å². The molecule has 0 bridgehead atoms. The molecule has 1 saturated carbocycles. The maximum Gasteiger partial charge on any atom is 0.162 e. The maximum absolute atomic E-state index is 9.55. The topological polar surface area (TPSA) is 42.2 Å². The van der Waals surface area contributed by atoms with Crippen LogP contribution in [-0.2, 0) is 0 Å². The van der Waals surface area contributed by atoms with Crippen molar-refractivity contribution in [2.45, 2.75) is 31.8 Å². The highest BCUT2D eigenvalue weighted by Gasteiger charge is 2.18. The lowest BCUT2D eigenvalue weighted by molar-refractivity contribution is 0.201. The predicted octanol–water partition coefficient (Wildman–Crippen LogP) is 6.39. The number of allylic oxidation sites excluding steroid dienone is 1. The van der Waals surface area contributed by atoms with Crippen LogP contribution in [0.1, 0.15) is 36.8 Å². The van der Waals surface area contributed by atoms with Crippen molar-refractivity contribution in [2.75, 3.05) is 7.11 Å². The number of ether oxygens (including phenoxy) is 2. The van der Waals surface area contributed by atoms with E-state index in [4.69, 9.17) is 32.7 Å². The molecule has 0 radical (unpaired) electrons. The van der Waals surface area contributed by atoms with Crippen LogP contribution in [0.3, 0.4) is 0 Å². The summed E-state index contributed by atoms with van der Waals surface area (Å²) in [7, 11) is 1.63. The van der Waals surface area contributed by atoms with Crippen molar-refractivity contribution in [1.82, 2.24) is 0 Å². The standard InChI is InChI=1S/C21H19Cl2NO2/c1-25-20-9-6-14(11-21(20)26-17-4-2-3-5-17)10-16(13-24)15-7-8-18(22)19(23)12-15/h6-12,17H,2-5H2,1H3/b16-10+. The van der Waals surface area contributed by atoms with Gasteiger partial charge in [-0.3, -0.25) is 0 Å². The third kappa shape index (κ3) is 4.33. The summed E-state index contributed by atoms with van der Waals surface area (Å²) in [6, 6.07) is 13.1. The molecule has 1 aliphatic carbocycles. The van der Waals surface area contributed by atoms with Crippen LogP contribution in [-0.4, -0.2) is 13.2 Å². The minimum atomic E-state index is 0.230. The number of hydrogen-bond acceptors (Lipinski definition) is 3. The highest BCUT2D eigenvalue weighted by Crippen LogP contribution is 2.34. The summed E-state index contributed by atoms with van der Waals surface area (Å²) in [5, 5.41) is 10.4. The minimum absolute atomic E-state index is 0.230. The summed E-state index contributed by atoms with van der Waals surface area (Å²) in [4.78, 5) is 0. The molecule has 0 spiro atoms. The van der Waals surface area contributed by atoms with E-state index in [0.29, 0.717) is 27.1 Å². The molecule has 1 fully saturated rings. The second-order valence-corrected chi connectivity index (χ2v) is 7.05. The minimum Gasteiger partial charge on any atom is -0.493 e. The van der Waals surface area contributed by atoms with Crippen molar-refractivity contribution in [2.24, 2.45) is 0 Å². The lowest BCUT2D eigenvalue weighted by atomic mass is 10.0. The van der Waals surface area contributed by atoms with Gasteiger partial charge in [0.25, 0.3) is 0 Å². The fourth-order valence-electron chi connectivity index (χ4n) is 3.07. The highest BCUT2D eigenvalue weighted by molar-refractivity contribution is 6.42. The van der Waals surface area contributed by atoms with Gasteiger partial charge in [0.05, 0.1) is 34.9 Å². The van der Waals surface area contributed by atoms with Crippen LogP contribution < -0.4 is 9.47 Å². The van der Waals surface area contributed by atoms with Crippen molar-refractivity contribution in [1.29, 1.82) is 5.26 Å². The van der Waals surface area contributed by atoms with E-state index < -0.39 is 0 Å². The smallest absolute Gasteiger partial charge is 0.162 e. The van der Waals surface area contributed by atoms with Gasteiger partial charge in [0.1, 0.15) is 0 Å². The number of nitriles is 1. The zero-order valence-corrected chi connectivity index (χ0v) is 16.0. The van der Waals surface area contributed by atoms with Gasteiger partial charge in [-0.2, -0.15) is 5.26 Å². The normalized spacial score (nSPS) is 14.9. The Bertz CT molecular complexity index is 865. The van der Waals surface area contributed by atoms with Crippen molar-refractivity contribution in [3.8, 4) is 17.6 Å². The van der Waals surface area contributed by atoms with Gasteiger partial charge in [-0.1, -0.05) is 35.3 Å². The van der Waals surface area contributed by atoms with Crippen LogP contribution in [0.15, 0.2) is 36.4 Å². The molecule has 1 aliphatic rings. The molecule has 0 heterocycles. The van der Waals surface area contributed by atoms with Crippen molar-refractivity contribution in [3.05, 3.63) is 57.6 Å². The van der Waals surface area contributed by atoms with Gasteiger partial charge in [-0.25, -0.2) is 0 Å². The molecule has 3 rings (SSSR count). The first-order valence-corrected chi connectivity index (χ1v) is 9.28. The highest BCUT2D eigenvalue weighted by atomic mass is 35.5. The molecule has 134 valence electrons. The van der Waals surface area contributed by atoms with E-state index in [9.17, 15) is 5.26 Å². The molecular formula is C21H19Cl2NO2. The van der Waals surface area contributed by atoms with Crippen LogP contribution in [0.2, 0.25) is 10.0 Å². The molecule has 0 saturated heterocycles. The lowest BCUT2D eigenvalue weighted by Crippen LogP contribution is -2.11. The SMILES string of the molecule is COc1ccc(/C=C(\C#N)c2ccc(Cl)c(Cl)c2)cc1OC1CCCC1. The van der Waals surface area contributed by atoms with Gasteiger partial charge in [-0.05, 0) is 67.2 Å². The summed E-state index contributed by atoms with van der Waals surface area (Å²) < 4.78 is 11.5. The van der Waals surface area contributed by atoms with E-state index in [1.807, 2.05) is 18.2 Å².